The van der Waals surface area contributed by atoms with Crippen molar-refractivity contribution >= 4 is 18.0 Å². The Balaban J connectivity index is 1.89. The molecule has 2 rings (SSSR count). The predicted molar refractivity (Wildman–Crippen MR) is 116 cm³/mol. The van der Waals surface area contributed by atoms with Crippen molar-refractivity contribution in [1.82, 2.24) is 10.7 Å². The maximum Gasteiger partial charge on any atom is 0.259 e. The third kappa shape index (κ3) is 6.91. The minimum Gasteiger partial charge on any atom is -0.493 e. The van der Waals surface area contributed by atoms with Gasteiger partial charge in [0, 0.05) is 5.56 Å². The number of carbonyl (C=O) groups excluding carboxylic acids is 2. The molecule has 2 aromatic rings. The number of hydrazone groups is 1. The van der Waals surface area contributed by atoms with E-state index in [-0.39, 0.29) is 12.6 Å². The van der Waals surface area contributed by atoms with Crippen LogP contribution in [-0.4, -0.2) is 52.0 Å². The van der Waals surface area contributed by atoms with Crippen LogP contribution >= 0.6 is 0 Å². The molecule has 0 atom stereocenters. The summed E-state index contributed by atoms with van der Waals surface area (Å²) in [6, 6.07) is 10.0. The molecule has 0 heterocycles. The summed E-state index contributed by atoms with van der Waals surface area (Å²) in [5.74, 6) is 1.21. The summed E-state index contributed by atoms with van der Waals surface area (Å²) in [4.78, 5) is 24.2. The van der Waals surface area contributed by atoms with E-state index in [1.165, 1.54) is 26.5 Å². The SMILES string of the molecule is COc1ccc(C(=O)NCC(=O)N/N=C\c2ccc(OC(C)C)c(OC)c2)cc1OC. The van der Waals surface area contributed by atoms with Crippen molar-refractivity contribution in [2.75, 3.05) is 27.9 Å². The van der Waals surface area contributed by atoms with Crippen LogP contribution in [-0.2, 0) is 4.79 Å². The number of benzene rings is 2. The van der Waals surface area contributed by atoms with E-state index in [9.17, 15) is 9.59 Å². The second-order valence-electron chi connectivity index (χ2n) is 6.62. The molecule has 0 aliphatic carbocycles. The maximum atomic E-state index is 12.2. The molecular weight excluding hydrogens is 402 g/mol. The summed E-state index contributed by atoms with van der Waals surface area (Å²) < 4.78 is 21.3. The number of rotatable bonds is 10. The molecule has 2 N–H and O–H groups in total. The molecule has 0 fully saturated rings. The lowest BCUT2D eigenvalue weighted by Crippen LogP contribution is -2.34. The summed E-state index contributed by atoms with van der Waals surface area (Å²) in [6.07, 6.45) is 1.48. The Morgan fingerprint density at radius 3 is 2.23 bits per heavy atom. The number of hydrogen-bond acceptors (Lipinski definition) is 7. The van der Waals surface area contributed by atoms with E-state index in [4.69, 9.17) is 18.9 Å². The molecule has 0 aliphatic heterocycles. The van der Waals surface area contributed by atoms with Crippen LogP contribution in [0, 0.1) is 0 Å². The molecule has 0 unspecified atom stereocenters. The topological polar surface area (TPSA) is 107 Å². The molecule has 166 valence electrons. The summed E-state index contributed by atoms with van der Waals surface area (Å²) in [6.45, 7) is 3.61. The van der Waals surface area contributed by atoms with E-state index in [1.807, 2.05) is 13.8 Å². The highest BCUT2D eigenvalue weighted by atomic mass is 16.5. The standard InChI is InChI=1S/C22H27N3O6/c1-14(2)31-18-8-6-15(10-19(18)29-4)12-24-25-21(26)13-23-22(27)16-7-9-17(28-3)20(11-16)30-5/h6-12,14H,13H2,1-5H3,(H,23,27)(H,25,26)/b24-12-. The van der Waals surface area contributed by atoms with Crippen molar-refractivity contribution in [2.45, 2.75) is 20.0 Å². The van der Waals surface area contributed by atoms with E-state index in [0.29, 0.717) is 34.1 Å². The summed E-state index contributed by atoms with van der Waals surface area (Å²) >= 11 is 0. The van der Waals surface area contributed by atoms with Gasteiger partial charge in [0.2, 0.25) is 0 Å². The highest BCUT2D eigenvalue weighted by Gasteiger charge is 2.12. The summed E-state index contributed by atoms with van der Waals surface area (Å²) in [5, 5.41) is 6.42. The second kappa shape index (κ2) is 11.4. The lowest BCUT2D eigenvalue weighted by Gasteiger charge is -2.13. The van der Waals surface area contributed by atoms with Crippen LogP contribution in [0.2, 0.25) is 0 Å². The molecular formula is C22H27N3O6. The average Bonchev–Trinajstić information content (AvgIpc) is 2.77. The quantitative estimate of drug-likeness (QED) is 0.444. The lowest BCUT2D eigenvalue weighted by molar-refractivity contribution is -0.120. The summed E-state index contributed by atoms with van der Waals surface area (Å²) in [7, 11) is 4.53. The Kier molecular flexibility index (Phi) is 8.68. The van der Waals surface area contributed by atoms with Crippen LogP contribution in [0.1, 0.15) is 29.8 Å². The number of nitrogens with one attached hydrogen (secondary N) is 2. The van der Waals surface area contributed by atoms with Gasteiger partial charge in [-0.05, 0) is 55.8 Å². The van der Waals surface area contributed by atoms with Crippen LogP contribution < -0.4 is 29.7 Å². The van der Waals surface area contributed by atoms with E-state index < -0.39 is 11.8 Å². The maximum absolute atomic E-state index is 12.2. The molecule has 31 heavy (non-hydrogen) atoms. The fourth-order valence-corrected chi connectivity index (χ4v) is 2.57. The zero-order valence-corrected chi connectivity index (χ0v) is 18.2. The third-order valence-electron chi connectivity index (χ3n) is 4.01. The molecule has 0 aromatic heterocycles. The Labute approximate surface area is 181 Å². The fraction of sp³-hybridized carbons (Fsp3) is 0.318. The van der Waals surface area contributed by atoms with Gasteiger partial charge in [0.1, 0.15) is 0 Å². The van der Waals surface area contributed by atoms with Gasteiger partial charge in [-0.15, -0.1) is 0 Å². The van der Waals surface area contributed by atoms with Gasteiger partial charge in [0.15, 0.2) is 23.0 Å². The Hall–Kier alpha value is -3.75. The minimum absolute atomic E-state index is 0.0157. The smallest absolute Gasteiger partial charge is 0.259 e. The molecule has 9 nitrogen and oxygen atoms in total. The molecule has 0 spiro atoms. The number of amides is 2. The van der Waals surface area contributed by atoms with Gasteiger partial charge in [-0.1, -0.05) is 0 Å². The zero-order chi connectivity index (χ0) is 22.8. The van der Waals surface area contributed by atoms with Crippen molar-refractivity contribution in [3.05, 3.63) is 47.5 Å². The Morgan fingerprint density at radius 1 is 0.935 bits per heavy atom. The van der Waals surface area contributed by atoms with Crippen molar-refractivity contribution in [2.24, 2.45) is 5.10 Å². The molecule has 0 radical (unpaired) electrons. The average molecular weight is 429 g/mol. The number of ether oxygens (including phenoxy) is 4. The zero-order valence-electron chi connectivity index (χ0n) is 18.2. The number of carbonyl (C=O) groups is 2. The molecule has 0 saturated carbocycles. The highest BCUT2D eigenvalue weighted by molar-refractivity contribution is 5.97. The number of hydrogen-bond donors (Lipinski definition) is 2. The van der Waals surface area contributed by atoms with E-state index in [2.05, 4.69) is 15.8 Å². The van der Waals surface area contributed by atoms with Gasteiger partial charge >= 0.3 is 0 Å². The lowest BCUT2D eigenvalue weighted by atomic mass is 10.2. The molecule has 9 heteroatoms. The van der Waals surface area contributed by atoms with Crippen molar-refractivity contribution in [3.63, 3.8) is 0 Å². The van der Waals surface area contributed by atoms with E-state index >= 15 is 0 Å². The first-order chi connectivity index (χ1) is 14.9. The number of methoxy groups -OCH3 is 3. The Bertz CT molecular complexity index is 943. The molecule has 0 saturated heterocycles. The van der Waals surface area contributed by atoms with Crippen LogP contribution in [0.3, 0.4) is 0 Å². The second-order valence-corrected chi connectivity index (χ2v) is 6.62. The highest BCUT2D eigenvalue weighted by Crippen LogP contribution is 2.28. The van der Waals surface area contributed by atoms with Crippen LogP contribution in [0.15, 0.2) is 41.5 Å². The first kappa shape index (κ1) is 23.5. The van der Waals surface area contributed by atoms with Gasteiger partial charge in [-0.25, -0.2) is 5.43 Å². The third-order valence-corrected chi connectivity index (χ3v) is 4.01. The predicted octanol–water partition coefficient (Wildman–Crippen LogP) is 2.38. The fourth-order valence-electron chi connectivity index (χ4n) is 2.57. The van der Waals surface area contributed by atoms with Gasteiger partial charge in [-0.2, -0.15) is 5.10 Å². The molecule has 2 aromatic carbocycles. The van der Waals surface area contributed by atoms with Crippen LogP contribution in [0.25, 0.3) is 0 Å². The number of nitrogens with zero attached hydrogens (tertiary/aromatic N) is 1. The van der Waals surface area contributed by atoms with Crippen LogP contribution in [0.4, 0.5) is 0 Å². The largest absolute Gasteiger partial charge is 0.493 e. The van der Waals surface area contributed by atoms with Crippen molar-refractivity contribution in [3.8, 4) is 23.0 Å². The van der Waals surface area contributed by atoms with E-state index in [0.717, 1.165) is 0 Å². The van der Waals surface area contributed by atoms with Gasteiger partial charge < -0.3 is 24.3 Å². The van der Waals surface area contributed by atoms with Gasteiger partial charge in [-0.3, -0.25) is 9.59 Å². The first-order valence-corrected chi connectivity index (χ1v) is 9.54. The molecule has 0 bridgehead atoms. The summed E-state index contributed by atoms with van der Waals surface area (Å²) in [5.41, 5.74) is 3.41. The monoisotopic (exact) mass is 429 g/mol. The van der Waals surface area contributed by atoms with Crippen molar-refractivity contribution in [1.29, 1.82) is 0 Å². The van der Waals surface area contributed by atoms with Crippen LogP contribution in [0.5, 0.6) is 23.0 Å². The molecule has 2 amide bonds. The normalized spacial score (nSPS) is 10.6. The van der Waals surface area contributed by atoms with Gasteiger partial charge in [0.05, 0.1) is 40.2 Å². The van der Waals surface area contributed by atoms with E-state index in [1.54, 1.807) is 37.4 Å². The first-order valence-electron chi connectivity index (χ1n) is 9.54. The molecule has 0 aliphatic rings. The Morgan fingerprint density at radius 2 is 1.58 bits per heavy atom. The van der Waals surface area contributed by atoms with Crippen molar-refractivity contribution < 1.29 is 28.5 Å². The minimum atomic E-state index is -0.475. The van der Waals surface area contributed by atoms with Gasteiger partial charge in [0.25, 0.3) is 11.8 Å².